The van der Waals surface area contributed by atoms with Gasteiger partial charge >= 0.3 is 0 Å². The lowest BCUT2D eigenvalue weighted by atomic mass is 10.1. The molecular weight excluding hydrogens is 290 g/mol. The number of hydrogen-bond acceptors (Lipinski definition) is 2. The molecule has 0 unspecified atom stereocenters. The molecule has 0 spiro atoms. The van der Waals surface area contributed by atoms with Crippen molar-refractivity contribution >= 4 is 26.8 Å². The molecule has 92 valence electrons. The molecule has 0 atom stereocenters. The number of nitrogens with zero attached hydrogens (tertiary/aromatic N) is 1. The molecule has 2 aromatic rings. The Bertz CT molecular complexity index is 592. The lowest BCUT2D eigenvalue weighted by Crippen LogP contribution is -1.99. The third-order valence-corrected chi connectivity index (χ3v) is 3.22. The quantitative estimate of drug-likeness (QED) is 0.769. The summed E-state index contributed by atoms with van der Waals surface area (Å²) in [6.07, 6.45) is 6.17. The Labute approximate surface area is 115 Å². The first kappa shape index (κ1) is 12.8. The van der Waals surface area contributed by atoms with Crippen LogP contribution in [-0.2, 0) is 6.42 Å². The summed E-state index contributed by atoms with van der Waals surface area (Å²) in [5.74, 6) is 0.862. The minimum Gasteiger partial charge on any atom is -0.488 e. The smallest absolute Gasteiger partial charge is 0.134 e. The van der Waals surface area contributed by atoms with Crippen molar-refractivity contribution < 1.29 is 4.74 Å². The predicted molar refractivity (Wildman–Crippen MR) is 79.0 cm³/mol. The van der Waals surface area contributed by atoms with Crippen LogP contribution in [0.3, 0.4) is 0 Å². The summed E-state index contributed by atoms with van der Waals surface area (Å²) in [6, 6.07) is 5.96. The number of allylic oxidation sites excluding steroid dienone is 1. The summed E-state index contributed by atoms with van der Waals surface area (Å²) in [7, 11) is 0. The van der Waals surface area contributed by atoms with Gasteiger partial charge in [-0.2, -0.15) is 0 Å². The third kappa shape index (κ3) is 2.46. The van der Waals surface area contributed by atoms with Gasteiger partial charge in [0.15, 0.2) is 0 Å². The Hall–Kier alpha value is -1.61. The van der Waals surface area contributed by atoms with E-state index in [-0.39, 0.29) is 0 Å². The van der Waals surface area contributed by atoms with E-state index in [0.29, 0.717) is 6.61 Å². The van der Waals surface area contributed by atoms with Gasteiger partial charge in [-0.25, -0.2) is 0 Å². The van der Waals surface area contributed by atoms with E-state index in [1.807, 2.05) is 30.5 Å². The van der Waals surface area contributed by atoms with E-state index in [9.17, 15) is 0 Å². The highest BCUT2D eigenvalue weighted by molar-refractivity contribution is 9.10. The number of hydrogen-bond donors (Lipinski definition) is 0. The van der Waals surface area contributed by atoms with Crippen molar-refractivity contribution in [2.75, 3.05) is 6.61 Å². The molecule has 0 saturated heterocycles. The Morgan fingerprint density at radius 3 is 2.83 bits per heavy atom. The number of fused-ring (bicyclic) bond motifs is 1. The molecule has 0 amide bonds. The SMILES string of the molecule is C=CCOc1c(CC=C)cnc2c(Br)cccc12. The van der Waals surface area contributed by atoms with Crippen LogP contribution in [0.1, 0.15) is 5.56 Å². The predicted octanol–water partition coefficient (Wildman–Crippen LogP) is 4.29. The van der Waals surface area contributed by atoms with Crippen molar-refractivity contribution in [2.45, 2.75) is 6.42 Å². The van der Waals surface area contributed by atoms with Crippen molar-refractivity contribution in [1.82, 2.24) is 4.98 Å². The zero-order valence-corrected chi connectivity index (χ0v) is 11.6. The van der Waals surface area contributed by atoms with Crippen LogP contribution in [0.15, 0.2) is 54.2 Å². The summed E-state index contributed by atoms with van der Waals surface area (Å²) < 4.78 is 6.75. The highest BCUT2D eigenvalue weighted by atomic mass is 79.9. The van der Waals surface area contributed by atoms with Gasteiger partial charge in [0, 0.05) is 21.6 Å². The standard InChI is InChI=1S/C15H14BrNO/c1-3-6-11-10-17-14-12(7-5-8-13(14)16)15(11)18-9-4-2/h3-5,7-8,10H,1-2,6,9H2. The van der Waals surface area contributed by atoms with Crippen molar-refractivity contribution in [3.8, 4) is 5.75 Å². The summed E-state index contributed by atoms with van der Waals surface area (Å²) in [4.78, 5) is 4.47. The van der Waals surface area contributed by atoms with Gasteiger partial charge in [0.05, 0.1) is 5.52 Å². The third-order valence-electron chi connectivity index (χ3n) is 2.58. The number of ether oxygens (including phenoxy) is 1. The molecule has 0 aliphatic rings. The van der Waals surface area contributed by atoms with Crippen LogP contribution in [-0.4, -0.2) is 11.6 Å². The van der Waals surface area contributed by atoms with Crippen LogP contribution >= 0.6 is 15.9 Å². The molecule has 0 aliphatic carbocycles. The van der Waals surface area contributed by atoms with Crippen LogP contribution < -0.4 is 4.74 Å². The lowest BCUT2D eigenvalue weighted by Gasteiger charge is -2.12. The first-order valence-corrected chi connectivity index (χ1v) is 6.48. The molecule has 18 heavy (non-hydrogen) atoms. The molecule has 0 fully saturated rings. The van der Waals surface area contributed by atoms with Gasteiger partial charge < -0.3 is 4.74 Å². The highest BCUT2D eigenvalue weighted by Crippen LogP contribution is 2.32. The fourth-order valence-electron chi connectivity index (χ4n) is 1.82. The molecule has 2 rings (SSSR count). The molecule has 0 bridgehead atoms. The molecule has 1 aromatic heterocycles. The fourth-order valence-corrected chi connectivity index (χ4v) is 2.29. The second-order valence-corrected chi connectivity index (χ2v) is 4.70. The summed E-state index contributed by atoms with van der Waals surface area (Å²) in [6.45, 7) is 7.92. The molecule has 0 saturated carbocycles. The molecule has 0 N–H and O–H groups in total. The number of benzene rings is 1. The molecule has 2 nitrogen and oxygen atoms in total. The maximum atomic E-state index is 5.78. The van der Waals surface area contributed by atoms with Gasteiger partial charge in [0.25, 0.3) is 0 Å². The van der Waals surface area contributed by atoms with Crippen LogP contribution in [0.2, 0.25) is 0 Å². The van der Waals surface area contributed by atoms with Crippen LogP contribution in [0.25, 0.3) is 10.9 Å². The van der Waals surface area contributed by atoms with E-state index in [1.165, 1.54) is 0 Å². The molecular formula is C15H14BrNO. The Morgan fingerprint density at radius 2 is 2.11 bits per heavy atom. The van der Waals surface area contributed by atoms with Crippen molar-refractivity contribution in [1.29, 1.82) is 0 Å². The van der Waals surface area contributed by atoms with Gasteiger partial charge in [0.1, 0.15) is 12.4 Å². The minimum atomic E-state index is 0.482. The van der Waals surface area contributed by atoms with Gasteiger partial charge in [-0.05, 0) is 34.5 Å². The lowest BCUT2D eigenvalue weighted by molar-refractivity contribution is 0.364. The number of pyridine rings is 1. The van der Waals surface area contributed by atoms with E-state index >= 15 is 0 Å². The van der Waals surface area contributed by atoms with E-state index in [0.717, 1.165) is 33.1 Å². The van der Waals surface area contributed by atoms with E-state index < -0.39 is 0 Å². The van der Waals surface area contributed by atoms with Gasteiger partial charge in [-0.15, -0.1) is 6.58 Å². The normalized spacial score (nSPS) is 10.3. The minimum absolute atomic E-state index is 0.482. The zero-order chi connectivity index (χ0) is 13.0. The Balaban J connectivity index is 2.63. The van der Waals surface area contributed by atoms with Crippen LogP contribution in [0, 0.1) is 0 Å². The molecule has 3 heteroatoms. The largest absolute Gasteiger partial charge is 0.488 e. The maximum absolute atomic E-state index is 5.78. The maximum Gasteiger partial charge on any atom is 0.134 e. The van der Waals surface area contributed by atoms with Crippen molar-refractivity contribution in [3.05, 3.63) is 59.7 Å². The summed E-state index contributed by atoms with van der Waals surface area (Å²) in [5, 5.41) is 1.01. The van der Waals surface area contributed by atoms with E-state index in [2.05, 4.69) is 34.1 Å². The zero-order valence-electron chi connectivity index (χ0n) is 10.0. The average molecular weight is 304 g/mol. The molecule has 1 heterocycles. The Morgan fingerprint density at radius 1 is 1.28 bits per heavy atom. The van der Waals surface area contributed by atoms with Crippen LogP contribution in [0.5, 0.6) is 5.75 Å². The fraction of sp³-hybridized carbons (Fsp3) is 0.133. The molecule has 1 aromatic carbocycles. The van der Waals surface area contributed by atoms with Crippen molar-refractivity contribution in [3.63, 3.8) is 0 Å². The van der Waals surface area contributed by atoms with E-state index in [1.54, 1.807) is 6.08 Å². The van der Waals surface area contributed by atoms with E-state index in [4.69, 9.17) is 4.74 Å². The topological polar surface area (TPSA) is 22.1 Å². The summed E-state index contributed by atoms with van der Waals surface area (Å²) >= 11 is 3.50. The Kier molecular flexibility index (Phi) is 4.15. The van der Waals surface area contributed by atoms with Crippen LogP contribution in [0.4, 0.5) is 0 Å². The number of rotatable bonds is 5. The van der Waals surface area contributed by atoms with Gasteiger partial charge in [0.2, 0.25) is 0 Å². The first-order chi connectivity index (χ1) is 8.77. The summed E-state index contributed by atoms with van der Waals surface area (Å²) in [5.41, 5.74) is 1.95. The van der Waals surface area contributed by atoms with Gasteiger partial charge in [-0.1, -0.05) is 24.8 Å². The second-order valence-electron chi connectivity index (χ2n) is 3.84. The molecule has 0 aliphatic heterocycles. The van der Waals surface area contributed by atoms with Crippen molar-refractivity contribution in [2.24, 2.45) is 0 Å². The average Bonchev–Trinajstić information content (AvgIpc) is 2.38. The first-order valence-electron chi connectivity index (χ1n) is 5.68. The molecule has 0 radical (unpaired) electrons. The van der Waals surface area contributed by atoms with Gasteiger partial charge in [-0.3, -0.25) is 4.98 Å². The number of para-hydroxylation sites is 1. The highest BCUT2D eigenvalue weighted by Gasteiger charge is 2.10. The number of halogens is 1. The number of aromatic nitrogens is 1. The second kappa shape index (κ2) is 5.83. The monoisotopic (exact) mass is 303 g/mol.